The summed E-state index contributed by atoms with van der Waals surface area (Å²) in [6, 6.07) is 4.71. The Morgan fingerprint density at radius 2 is 1.75 bits per heavy atom. The average Bonchev–Trinajstić information content (AvgIpc) is 2.88. The number of aryl methyl sites for hydroxylation is 1. The molecule has 1 aromatic heterocycles. The first kappa shape index (κ1) is 18.0. The average molecular weight is 339 g/mol. The number of hydrogen-bond acceptors (Lipinski definition) is 2. The van der Waals surface area contributed by atoms with Gasteiger partial charge in [0.1, 0.15) is 5.69 Å². The fourth-order valence-corrected chi connectivity index (χ4v) is 2.10. The Kier molecular flexibility index (Phi) is 4.73. The second-order valence-corrected chi connectivity index (χ2v) is 6.56. The number of carbonyl (C=O) groups excluding carboxylic acids is 1. The van der Waals surface area contributed by atoms with Crippen molar-refractivity contribution in [3.05, 3.63) is 35.5 Å². The number of nitrogens with zero attached hydrogens (tertiary/aromatic N) is 1. The van der Waals surface area contributed by atoms with Crippen molar-refractivity contribution in [2.24, 2.45) is 5.41 Å². The number of hydrogen-bond donors (Lipinski definition) is 2. The van der Waals surface area contributed by atoms with Crippen molar-refractivity contribution in [1.82, 2.24) is 10.2 Å². The number of H-pyrrole nitrogens is 1. The molecule has 0 saturated carbocycles. The molecule has 1 amide bonds. The van der Waals surface area contributed by atoms with Crippen LogP contribution in [-0.4, -0.2) is 16.1 Å². The summed E-state index contributed by atoms with van der Waals surface area (Å²) >= 11 is 0. The molecule has 0 unspecified atom stereocenters. The second kappa shape index (κ2) is 6.30. The normalized spacial score (nSPS) is 12.3. The zero-order valence-electron chi connectivity index (χ0n) is 14.0. The molecule has 4 nitrogen and oxygen atoms in total. The predicted molar refractivity (Wildman–Crippen MR) is 86.5 cm³/mol. The lowest BCUT2D eigenvalue weighted by molar-refractivity contribution is -0.137. The molecule has 0 bridgehead atoms. The highest BCUT2D eigenvalue weighted by atomic mass is 19.4. The third-order valence-electron chi connectivity index (χ3n) is 3.60. The minimum absolute atomic E-state index is 0.188. The molecule has 1 aromatic carbocycles. The SMILES string of the molecule is CCc1[nH]nc(-c2ccc(C(F)(F)F)cc2)c1NC(=O)C(C)(C)C. The molecule has 0 atom stereocenters. The quantitative estimate of drug-likeness (QED) is 0.856. The molecular weight excluding hydrogens is 319 g/mol. The van der Waals surface area contributed by atoms with Gasteiger partial charge in [-0.25, -0.2) is 0 Å². The number of rotatable bonds is 3. The van der Waals surface area contributed by atoms with Crippen LogP contribution in [0.5, 0.6) is 0 Å². The van der Waals surface area contributed by atoms with E-state index in [1.54, 1.807) is 20.8 Å². The fraction of sp³-hybridized carbons (Fsp3) is 0.412. The van der Waals surface area contributed by atoms with Gasteiger partial charge in [0.05, 0.1) is 16.9 Å². The molecule has 2 N–H and O–H groups in total. The van der Waals surface area contributed by atoms with Crippen LogP contribution in [0.25, 0.3) is 11.3 Å². The van der Waals surface area contributed by atoms with Gasteiger partial charge in [-0.05, 0) is 18.6 Å². The molecule has 0 aliphatic heterocycles. The molecule has 0 spiro atoms. The maximum Gasteiger partial charge on any atom is 0.416 e. The van der Waals surface area contributed by atoms with Gasteiger partial charge in [0, 0.05) is 11.0 Å². The minimum atomic E-state index is -4.39. The van der Waals surface area contributed by atoms with E-state index in [1.165, 1.54) is 12.1 Å². The number of benzene rings is 1. The molecule has 1 heterocycles. The van der Waals surface area contributed by atoms with Crippen molar-refractivity contribution in [1.29, 1.82) is 0 Å². The van der Waals surface area contributed by atoms with Gasteiger partial charge in [0.2, 0.25) is 5.91 Å². The smallest absolute Gasteiger partial charge is 0.322 e. The number of aromatic amines is 1. The molecule has 0 aliphatic carbocycles. The number of amides is 1. The molecule has 24 heavy (non-hydrogen) atoms. The zero-order valence-corrected chi connectivity index (χ0v) is 14.0. The Hall–Kier alpha value is -2.31. The van der Waals surface area contributed by atoms with Crippen LogP contribution in [0.4, 0.5) is 18.9 Å². The molecule has 2 rings (SSSR count). The molecule has 7 heteroatoms. The van der Waals surface area contributed by atoms with Gasteiger partial charge in [0.15, 0.2) is 0 Å². The highest BCUT2D eigenvalue weighted by molar-refractivity contribution is 5.98. The number of carbonyl (C=O) groups is 1. The largest absolute Gasteiger partial charge is 0.416 e. The van der Waals surface area contributed by atoms with Crippen LogP contribution in [0, 0.1) is 5.41 Å². The Balaban J connectivity index is 2.41. The first-order valence-corrected chi connectivity index (χ1v) is 7.60. The molecule has 0 fully saturated rings. The fourth-order valence-electron chi connectivity index (χ4n) is 2.10. The van der Waals surface area contributed by atoms with E-state index >= 15 is 0 Å². The van der Waals surface area contributed by atoms with Crippen LogP contribution in [-0.2, 0) is 17.4 Å². The molecule has 2 aromatic rings. The van der Waals surface area contributed by atoms with Crippen molar-refractivity contribution >= 4 is 11.6 Å². The number of aromatic nitrogens is 2. The highest BCUT2D eigenvalue weighted by Crippen LogP contribution is 2.34. The predicted octanol–water partition coefficient (Wildman–Crippen LogP) is 4.64. The topological polar surface area (TPSA) is 57.8 Å². The Labute approximate surface area is 138 Å². The van der Waals surface area contributed by atoms with E-state index in [9.17, 15) is 18.0 Å². The lowest BCUT2D eigenvalue weighted by atomic mass is 9.95. The summed E-state index contributed by atoms with van der Waals surface area (Å²) in [4.78, 5) is 12.3. The second-order valence-electron chi connectivity index (χ2n) is 6.56. The van der Waals surface area contributed by atoms with Crippen LogP contribution in [0.3, 0.4) is 0 Å². The summed E-state index contributed by atoms with van der Waals surface area (Å²) in [5, 5.41) is 9.84. The third kappa shape index (κ3) is 3.77. The van der Waals surface area contributed by atoms with Crippen molar-refractivity contribution < 1.29 is 18.0 Å². The number of halogens is 3. The molecule has 0 saturated heterocycles. The summed E-state index contributed by atoms with van der Waals surface area (Å²) < 4.78 is 38.1. The molecule has 0 radical (unpaired) electrons. The van der Waals surface area contributed by atoms with Crippen molar-refractivity contribution in [2.75, 3.05) is 5.32 Å². The van der Waals surface area contributed by atoms with Crippen LogP contribution in [0.1, 0.15) is 39.0 Å². The van der Waals surface area contributed by atoms with Crippen LogP contribution < -0.4 is 5.32 Å². The number of anilines is 1. The molecule has 0 aliphatic rings. The van der Waals surface area contributed by atoms with Gasteiger partial charge in [0.25, 0.3) is 0 Å². The number of alkyl halides is 3. The lowest BCUT2D eigenvalue weighted by Crippen LogP contribution is -2.28. The van der Waals surface area contributed by atoms with Crippen molar-refractivity contribution in [3.63, 3.8) is 0 Å². The van der Waals surface area contributed by atoms with Crippen LogP contribution in [0.2, 0.25) is 0 Å². The van der Waals surface area contributed by atoms with Crippen LogP contribution >= 0.6 is 0 Å². The van der Waals surface area contributed by atoms with Gasteiger partial charge >= 0.3 is 6.18 Å². The van der Waals surface area contributed by atoms with E-state index in [-0.39, 0.29) is 5.91 Å². The maximum absolute atomic E-state index is 12.7. The van der Waals surface area contributed by atoms with Gasteiger partial charge in [-0.3, -0.25) is 9.89 Å². The summed E-state index contributed by atoms with van der Waals surface area (Å²) in [6.45, 7) is 7.25. The van der Waals surface area contributed by atoms with E-state index in [2.05, 4.69) is 15.5 Å². The first-order valence-electron chi connectivity index (χ1n) is 7.60. The van der Waals surface area contributed by atoms with Crippen molar-refractivity contribution in [3.8, 4) is 11.3 Å². The minimum Gasteiger partial charge on any atom is -0.322 e. The Bertz CT molecular complexity index is 725. The van der Waals surface area contributed by atoms with E-state index in [4.69, 9.17) is 0 Å². The van der Waals surface area contributed by atoms with Gasteiger partial charge < -0.3 is 5.32 Å². The first-order chi connectivity index (χ1) is 11.0. The van der Waals surface area contributed by atoms with E-state index in [0.717, 1.165) is 17.8 Å². The monoisotopic (exact) mass is 339 g/mol. The Morgan fingerprint density at radius 1 is 1.17 bits per heavy atom. The summed E-state index contributed by atoms with van der Waals surface area (Å²) in [6.07, 6.45) is -3.78. The van der Waals surface area contributed by atoms with Crippen molar-refractivity contribution in [2.45, 2.75) is 40.3 Å². The summed E-state index contributed by atoms with van der Waals surface area (Å²) in [5.41, 5.74) is 0.846. The van der Waals surface area contributed by atoms with Gasteiger partial charge in [-0.15, -0.1) is 0 Å². The highest BCUT2D eigenvalue weighted by Gasteiger charge is 2.30. The lowest BCUT2D eigenvalue weighted by Gasteiger charge is -2.18. The number of nitrogens with one attached hydrogen (secondary N) is 2. The maximum atomic E-state index is 12.7. The van der Waals surface area contributed by atoms with E-state index in [1.807, 2.05) is 6.92 Å². The molecule has 130 valence electrons. The summed E-state index contributed by atoms with van der Waals surface area (Å²) in [5.74, 6) is -0.188. The van der Waals surface area contributed by atoms with E-state index in [0.29, 0.717) is 23.4 Å². The third-order valence-corrected chi connectivity index (χ3v) is 3.60. The van der Waals surface area contributed by atoms with E-state index < -0.39 is 17.2 Å². The van der Waals surface area contributed by atoms with Gasteiger partial charge in [-0.2, -0.15) is 18.3 Å². The standard InChI is InChI=1S/C17H20F3N3O/c1-5-12-14(21-15(24)16(2,3)4)13(23-22-12)10-6-8-11(9-7-10)17(18,19)20/h6-9H,5H2,1-4H3,(H,21,24)(H,22,23). The zero-order chi connectivity index (χ0) is 18.1. The van der Waals surface area contributed by atoms with Gasteiger partial charge in [-0.1, -0.05) is 39.8 Å². The Morgan fingerprint density at radius 3 is 2.21 bits per heavy atom. The molecular formula is C17H20F3N3O. The van der Waals surface area contributed by atoms with Crippen LogP contribution in [0.15, 0.2) is 24.3 Å². The summed E-state index contributed by atoms with van der Waals surface area (Å²) in [7, 11) is 0.